The molecule has 1 unspecified atom stereocenters. The van der Waals surface area contributed by atoms with Gasteiger partial charge in [-0.05, 0) is 67.8 Å². The van der Waals surface area contributed by atoms with Gasteiger partial charge in [0.05, 0.1) is 35.3 Å². The van der Waals surface area contributed by atoms with Crippen LogP contribution >= 0.6 is 0 Å². The first kappa shape index (κ1) is 27.9. The van der Waals surface area contributed by atoms with E-state index >= 15 is 0 Å². The smallest absolute Gasteiger partial charge is 0.416 e. The molecule has 4 rings (SSSR count). The van der Waals surface area contributed by atoms with Gasteiger partial charge in [0.15, 0.2) is 0 Å². The zero-order valence-electron chi connectivity index (χ0n) is 22.4. The molecular formula is C30H30F3N3O3. The number of halogens is 3. The third kappa shape index (κ3) is 5.67. The van der Waals surface area contributed by atoms with Gasteiger partial charge in [-0.2, -0.15) is 13.2 Å². The van der Waals surface area contributed by atoms with E-state index in [1.807, 2.05) is 26.8 Å². The molecule has 3 aromatic carbocycles. The van der Waals surface area contributed by atoms with Crippen LogP contribution in [0.2, 0.25) is 0 Å². The van der Waals surface area contributed by atoms with Crippen molar-refractivity contribution in [2.75, 3.05) is 13.7 Å². The van der Waals surface area contributed by atoms with Gasteiger partial charge in [-0.15, -0.1) is 0 Å². The second-order valence-electron chi connectivity index (χ2n) is 9.91. The molecule has 1 atom stereocenters. The van der Waals surface area contributed by atoms with Gasteiger partial charge >= 0.3 is 6.18 Å². The molecule has 0 saturated carbocycles. The van der Waals surface area contributed by atoms with Gasteiger partial charge in [-0.1, -0.05) is 38.1 Å². The zero-order chi connectivity index (χ0) is 28.5. The molecule has 1 amide bonds. The molecule has 0 saturated heterocycles. The van der Waals surface area contributed by atoms with Crippen LogP contribution in [0.4, 0.5) is 13.2 Å². The number of fused-ring (bicyclic) bond motifs is 1. The Morgan fingerprint density at radius 1 is 1.03 bits per heavy atom. The number of methoxy groups -OCH3 is 1. The Balaban J connectivity index is 1.95. The summed E-state index contributed by atoms with van der Waals surface area (Å²) in [6, 6.07) is 15.9. The lowest BCUT2D eigenvalue weighted by Gasteiger charge is -2.32. The third-order valence-corrected chi connectivity index (χ3v) is 6.48. The minimum Gasteiger partial charge on any atom is -0.495 e. The number of amides is 1. The predicted molar refractivity (Wildman–Crippen MR) is 144 cm³/mol. The lowest BCUT2D eigenvalue weighted by atomic mass is 10.1. The standard InChI is InChI=1S/C30H30F3N3O3/c1-18(2)17-35(28(37)21-9-8-10-22(16-21)30(31,32)33)20(4)27-34-24-12-7-6-11-23(24)29(38)36(27)25-15-19(3)13-14-26(25)39-5/h6-16,18,20H,17H2,1-5H3. The van der Waals surface area contributed by atoms with Gasteiger partial charge in [0, 0.05) is 12.1 Å². The highest BCUT2D eigenvalue weighted by molar-refractivity contribution is 5.94. The van der Waals surface area contributed by atoms with E-state index in [2.05, 4.69) is 0 Å². The first-order valence-electron chi connectivity index (χ1n) is 12.6. The van der Waals surface area contributed by atoms with Gasteiger partial charge in [-0.3, -0.25) is 14.2 Å². The second kappa shape index (κ2) is 10.9. The molecule has 9 heteroatoms. The Kier molecular flexibility index (Phi) is 7.81. The minimum atomic E-state index is -4.59. The van der Waals surface area contributed by atoms with Crippen LogP contribution in [0.25, 0.3) is 16.6 Å². The van der Waals surface area contributed by atoms with Crippen molar-refractivity contribution in [3.05, 3.63) is 99.6 Å². The number of para-hydroxylation sites is 1. The molecule has 1 heterocycles. The summed E-state index contributed by atoms with van der Waals surface area (Å²) in [5.74, 6) is 0.0974. The molecule has 0 bridgehead atoms. The maximum absolute atomic E-state index is 13.9. The largest absolute Gasteiger partial charge is 0.495 e. The highest BCUT2D eigenvalue weighted by Gasteiger charge is 2.33. The molecule has 0 aliphatic rings. The Bertz CT molecular complexity index is 1580. The van der Waals surface area contributed by atoms with Crippen molar-refractivity contribution in [1.82, 2.24) is 14.5 Å². The minimum absolute atomic E-state index is 0.0173. The highest BCUT2D eigenvalue weighted by atomic mass is 19.4. The Labute approximate surface area is 224 Å². The molecule has 0 radical (unpaired) electrons. The van der Waals surface area contributed by atoms with E-state index in [1.54, 1.807) is 43.3 Å². The summed E-state index contributed by atoms with van der Waals surface area (Å²) in [5.41, 5.74) is 0.434. The topological polar surface area (TPSA) is 64.4 Å². The van der Waals surface area contributed by atoms with E-state index in [1.165, 1.54) is 28.7 Å². The van der Waals surface area contributed by atoms with E-state index in [0.29, 0.717) is 22.3 Å². The van der Waals surface area contributed by atoms with Crippen molar-refractivity contribution in [3.8, 4) is 11.4 Å². The van der Waals surface area contributed by atoms with Crippen LogP contribution in [-0.4, -0.2) is 34.0 Å². The fourth-order valence-electron chi connectivity index (χ4n) is 4.58. The fraction of sp³-hybridized carbons (Fsp3) is 0.300. The summed E-state index contributed by atoms with van der Waals surface area (Å²) in [4.78, 5) is 34.0. The average Bonchev–Trinajstić information content (AvgIpc) is 2.90. The van der Waals surface area contributed by atoms with Crippen LogP contribution in [0.1, 0.15) is 54.1 Å². The molecule has 4 aromatic rings. The molecule has 0 N–H and O–H groups in total. The molecule has 0 spiro atoms. The molecule has 204 valence electrons. The van der Waals surface area contributed by atoms with E-state index < -0.39 is 23.7 Å². The molecule has 6 nitrogen and oxygen atoms in total. The maximum Gasteiger partial charge on any atom is 0.416 e. The number of rotatable bonds is 7. The number of carbonyl (C=O) groups is 1. The summed E-state index contributed by atoms with van der Waals surface area (Å²) in [6.07, 6.45) is -4.59. The number of aromatic nitrogens is 2. The SMILES string of the molecule is COc1ccc(C)cc1-n1c(C(C)N(CC(C)C)C(=O)c2cccc(C(F)(F)F)c2)nc2ccccc2c1=O. The van der Waals surface area contributed by atoms with Crippen LogP contribution in [0, 0.1) is 12.8 Å². The number of hydrogen-bond donors (Lipinski definition) is 0. The van der Waals surface area contributed by atoms with Crippen molar-refractivity contribution in [2.45, 2.75) is 39.9 Å². The first-order valence-corrected chi connectivity index (χ1v) is 12.6. The van der Waals surface area contributed by atoms with Gasteiger partial charge in [0.2, 0.25) is 0 Å². The number of alkyl halides is 3. The van der Waals surface area contributed by atoms with E-state index in [0.717, 1.165) is 17.7 Å². The summed E-state index contributed by atoms with van der Waals surface area (Å²) >= 11 is 0. The molecule has 39 heavy (non-hydrogen) atoms. The van der Waals surface area contributed by atoms with Crippen molar-refractivity contribution < 1.29 is 22.7 Å². The molecule has 1 aromatic heterocycles. The Morgan fingerprint density at radius 3 is 2.41 bits per heavy atom. The third-order valence-electron chi connectivity index (χ3n) is 6.48. The van der Waals surface area contributed by atoms with Crippen molar-refractivity contribution >= 4 is 16.8 Å². The van der Waals surface area contributed by atoms with Gasteiger partial charge in [0.1, 0.15) is 11.6 Å². The number of carbonyl (C=O) groups excluding carboxylic acids is 1. The first-order chi connectivity index (χ1) is 18.4. The maximum atomic E-state index is 13.9. The molecular weight excluding hydrogens is 507 g/mol. The van der Waals surface area contributed by atoms with Gasteiger partial charge in [-0.25, -0.2) is 4.98 Å². The number of ether oxygens (including phenoxy) is 1. The van der Waals surface area contributed by atoms with Crippen LogP contribution in [0.3, 0.4) is 0 Å². The number of benzene rings is 3. The van der Waals surface area contributed by atoms with Gasteiger partial charge in [0.25, 0.3) is 11.5 Å². The van der Waals surface area contributed by atoms with E-state index in [4.69, 9.17) is 9.72 Å². The number of hydrogen-bond acceptors (Lipinski definition) is 4. The predicted octanol–water partition coefficient (Wildman–Crippen LogP) is 6.58. The highest BCUT2D eigenvalue weighted by Crippen LogP contribution is 2.32. The lowest BCUT2D eigenvalue weighted by Crippen LogP contribution is -2.39. The average molecular weight is 538 g/mol. The second-order valence-corrected chi connectivity index (χ2v) is 9.91. The summed E-state index contributed by atoms with van der Waals surface area (Å²) in [7, 11) is 1.50. The summed E-state index contributed by atoms with van der Waals surface area (Å²) in [5, 5.41) is 0.386. The molecule has 0 aliphatic heterocycles. The molecule has 0 fully saturated rings. The van der Waals surface area contributed by atoms with E-state index in [9.17, 15) is 22.8 Å². The Morgan fingerprint density at radius 2 is 1.74 bits per heavy atom. The van der Waals surface area contributed by atoms with Crippen LogP contribution in [0.15, 0.2) is 71.5 Å². The van der Waals surface area contributed by atoms with Crippen LogP contribution in [0.5, 0.6) is 5.75 Å². The lowest BCUT2D eigenvalue weighted by molar-refractivity contribution is -0.137. The number of aryl methyl sites for hydroxylation is 1. The van der Waals surface area contributed by atoms with Crippen LogP contribution < -0.4 is 10.3 Å². The normalized spacial score (nSPS) is 12.5. The summed E-state index contributed by atoms with van der Waals surface area (Å²) < 4.78 is 47.3. The Hall–Kier alpha value is -4.14. The van der Waals surface area contributed by atoms with Crippen molar-refractivity contribution in [1.29, 1.82) is 0 Å². The van der Waals surface area contributed by atoms with Crippen molar-refractivity contribution in [2.24, 2.45) is 5.92 Å². The summed E-state index contributed by atoms with van der Waals surface area (Å²) in [6.45, 7) is 7.65. The zero-order valence-corrected chi connectivity index (χ0v) is 22.4. The molecule has 0 aliphatic carbocycles. The monoisotopic (exact) mass is 537 g/mol. The van der Waals surface area contributed by atoms with Gasteiger partial charge < -0.3 is 9.64 Å². The quantitative estimate of drug-likeness (QED) is 0.267. The van der Waals surface area contributed by atoms with E-state index in [-0.39, 0.29) is 29.4 Å². The van der Waals surface area contributed by atoms with Crippen molar-refractivity contribution in [3.63, 3.8) is 0 Å². The number of nitrogens with zero attached hydrogens (tertiary/aromatic N) is 3. The van der Waals surface area contributed by atoms with Crippen LogP contribution in [-0.2, 0) is 6.18 Å². The fourth-order valence-corrected chi connectivity index (χ4v) is 4.58.